The average Bonchev–Trinajstić information content (AvgIpc) is 2.78. The summed E-state index contributed by atoms with van der Waals surface area (Å²) in [5.74, 6) is 1.48. The zero-order chi connectivity index (χ0) is 22.2. The predicted octanol–water partition coefficient (Wildman–Crippen LogP) is 5.96. The molecule has 0 bridgehead atoms. The number of rotatable bonds is 11. The van der Waals surface area contributed by atoms with Crippen molar-refractivity contribution in [2.75, 3.05) is 7.11 Å². The van der Waals surface area contributed by atoms with Crippen molar-refractivity contribution in [1.29, 1.82) is 0 Å². The van der Waals surface area contributed by atoms with Crippen LogP contribution in [0.1, 0.15) is 52.0 Å². The third-order valence-electron chi connectivity index (χ3n) is 5.19. The molecule has 2 aromatic carbocycles. The van der Waals surface area contributed by atoms with Gasteiger partial charge in [-0.05, 0) is 38.0 Å². The number of fused-ring (bicyclic) bond motifs is 1. The first-order valence-electron chi connectivity index (χ1n) is 11.1. The Morgan fingerprint density at radius 2 is 1.74 bits per heavy atom. The molecule has 166 valence electrons. The molecule has 0 aliphatic carbocycles. The second-order valence-corrected chi connectivity index (χ2v) is 8.00. The van der Waals surface area contributed by atoms with Crippen LogP contribution >= 0.6 is 0 Å². The van der Waals surface area contributed by atoms with Crippen LogP contribution in [0.5, 0.6) is 17.2 Å². The maximum atomic E-state index is 13.4. The summed E-state index contributed by atoms with van der Waals surface area (Å²) in [4.78, 5) is 13.4. The van der Waals surface area contributed by atoms with Gasteiger partial charge in [0.1, 0.15) is 12.4 Å². The highest BCUT2D eigenvalue weighted by Crippen LogP contribution is 2.35. The second kappa shape index (κ2) is 10.9. The number of aromatic nitrogens is 1. The lowest BCUT2D eigenvalue weighted by Gasteiger charge is -2.19. The minimum Gasteiger partial charge on any atom is -0.492 e. The van der Waals surface area contributed by atoms with Crippen LogP contribution in [0.2, 0.25) is 0 Å². The number of nitrogens with zero attached hydrogens (tertiary/aromatic N) is 1. The molecule has 0 atom stereocenters. The van der Waals surface area contributed by atoms with E-state index in [1.165, 1.54) is 0 Å². The SMILES string of the molecule is CCCCCCn1c(=O)c(OC(C)C)c(OC)c2ccc(OCc3ccccc3)cc21. The molecule has 0 saturated carbocycles. The Morgan fingerprint density at radius 1 is 0.968 bits per heavy atom. The first-order valence-corrected chi connectivity index (χ1v) is 11.1. The maximum Gasteiger partial charge on any atom is 0.297 e. The van der Waals surface area contributed by atoms with Gasteiger partial charge in [-0.2, -0.15) is 0 Å². The summed E-state index contributed by atoms with van der Waals surface area (Å²) < 4.78 is 19.3. The average molecular weight is 424 g/mol. The first kappa shape index (κ1) is 22.7. The Bertz CT molecular complexity index is 1040. The van der Waals surface area contributed by atoms with Crippen molar-refractivity contribution in [1.82, 2.24) is 4.57 Å². The van der Waals surface area contributed by atoms with Crippen LogP contribution in [0.25, 0.3) is 10.9 Å². The number of unbranched alkanes of at least 4 members (excludes halogenated alkanes) is 3. The lowest BCUT2D eigenvalue weighted by atomic mass is 10.1. The van der Waals surface area contributed by atoms with Gasteiger partial charge in [-0.25, -0.2) is 0 Å². The largest absolute Gasteiger partial charge is 0.492 e. The Labute approximate surface area is 184 Å². The van der Waals surface area contributed by atoms with Crippen molar-refractivity contribution in [2.24, 2.45) is 0 Å². The van der Waals surface area contributed by atoms with Crippen molar-refractivity contribution in [3.8, 4) is 17.2 Å². The Balaban J connectivity index is 2.03. The molecule has 3 rings (SSSR count). The monoisotopic (exact) mass is 423 g/mol. The van der Waals surface area contributed by atoms with Crippen LogP contribution in [-0.4, -0.2) is 17.8 Å². The molecule has 0 spiro atoms. The number of aryl methyl sites for hydroxylation is 1. The predicted molar refractivity (Wildman–Crippen MR) is 125 cm³/mol. The second-order valence-electron chi connectivity index (χ2n) is 8.00. The third kappa shape index (κ3) is 5.60. The molecular formula is C26H33NO4. The van der Waals surface area contributed by atoms with Crippen LogP contribution in [0.3, 0.4) is 0 Å². The van der Waals surface area contributed by atoms with E-state index in [2.05, 4.69) is 6.92 Å². The number of methoxy groups -OCH3 is 1. The fourth-order valence-electron chi connectivity index (χ4n) is 3.67. The third-order valence-corrected chi connectivity index (χ3v) is 5.19. The van der Waals surface area contributed by atoms with Gasteiger partial charge in [0.2, 0.25) is 5.75 Å². The number of hydrogen-bond donors (Lipinski definition) is 0. The number of ether oxygens (including phenoxy) is 3. The molecule has 1 heterocycles. The van der Waals surface area contributed by atoms with Crippen LogP contribution in [0, 0.1) is 0 Å². The molecule has 5 heteroatoms. The molecule has 1 aromatic heterocycles. The lowest BCUT2D eigenvalue weighted by Crippen LogP contribution is -2.25. The van der Waals surface area contributed by atoms with E-state index in [4.69, 9.17) is 14.2 Å². The van der Waals surface area contributed by atoms with Crippen molar-refractivity contribution in [3.63, 3.8) is 0 Å². The van der Waals surface area contributed by atoms with Crippen molar-refractivity contribution in [3.05, 3.63) is 64.4 Å². The van der Waals surface area contributed by atoms with Crippen molar-refractivity contribution in [2.45, 2.75) is 65.7 Å². The molecule has 0 N–H and O–H groups in total. The van der Waals surface area contributed by atoms with E-state index < -0.39 is 0 Å². The molecule has 0 radical (unpaired) electrons. The maximum absolute atomic E-state index is 13.4. The molecular weight excluding hydrogens is 390 g/mol. The van der Waals surface area contributed by atoms with Gasteiger partial charge in [0.15, 0.2) is 5.75 Å². The summed E-state index contributed by atoms with van der Waals surface area (Å²) in [6.45, 7) is 7.11. The zero-order valence-corrected chi connectivity index (χ0v) is 19.0. The highest BCUT2D eigenvalue weighted by molar-refractivity contribution is 5.89. The molecule has 5 nitrogen and oxygen atoms in total. The summed E-state index contributed by atoms with van der Waals surface area (Å²) in [6, 6.07) is 15.8. The van der Waals surface area contributed by atoms with Crippen molar-refractivity contribution < 1.29 is 14.2 Å². The zero-order valence-electron chi connectivity index (χ0n) is 19.0. The standard InChI is InChI=1S/C26H33NO4/c1-5-6-7-11-16-27-23-17-21(30-18-20-12-9-8-10-13-20)14-15-22(23)24(29-4)25(26(27)28)31-19(2)3/h8-10,12-15,17,19H,5-7,11,16,18H2,1-4H3. The van der Waals surface area contributed by atoms with E-state index in [1.54, 1.807) is 11.7 Å². The van der Waals surface area contributed by atoms with E-state index >= 15 is 0 Å². The first-order chi connectivity index (χ1) is 15.0. The molecule has 0 aliphatic rings. The van der Waals surface area contributed by atoms with Gasteiger partial charge in [0, 0.05) is 18.0 Å². The quantitative estimate of drug-likeness (QED) is 0.357. The highest BCUT2D eigenvalue weighted by Gasteiger charge is 2.20. The molecule has 0 aliphatic heterocycles. The van der Waals surface area contributed by atoms with Gasteiger partial charge in [0.25, 0.3) is 5.56 Å². The van der Waals surface area contributed by atoms with E-state index in [9.17, 15) is 4.79 Å². The summed E-state index contributed by atoms with van der Waals surface area (Å²) in [6.07, 6.45) is 4.20. The summed E-state index contributed by atoms with van der Waals surface area (Å²) in [5, 5.41) is 0.848. The summed E-state index contributed by atoms with van der Waals surface area (Å²) >= 11 is 0. The van der Waals surface area contributed by atoms with E-state index in [0.29, 0.717) is 18.9 Å². The van der Waals surface area contributed by atoms with Gasteiger partial charge in [-0.3, -0.25) is 4.79 Å². The topological polar surface area (TPSA) is 49.7 Å². The Morgan fingerprint density at radius 3 is 2.42 bits per heavy atom. The lowest BCUT2D eigenvalue weighted by molar-refractivity contribution is 0.226. The molecule has 31 heavy (non-hydrogen) atoms. The van der Waals surface area contributed by atoms with E-state index in [-0.39, 0.29) is 17.4 Å². The molecule has 0 amide bonds. The summed E-state index contributed by atoms with van der Waals surface area (Å²) in [5.41, 5.74) is 1.74. The van der Waals surface area contributed by atoms with E-state index in [0.717, 1.165) is 47.9 Å². The van der Waals surface area contributed by atoms with Crippen LogP contribution in [0.4, 0.5) is 0 Å². The molecule has 0 unspecified atom stereocenters. The van der Waals surface area contributed by atoms with Crippen molar-refractivity contribution >= 4 is 10.9 Å². The molecule has 0 fully saturated rings. The van der Waals surface area contributed by atoms with Gasteiger partial charge < -0.3 is 18.8 Å². The minimum absolute atomic E-state index is 0.124. The van der Waals surface area contributed by atoms with E-state index in [1.807, 2.05) is 62.4 Å². The Kier molecular flexibility index (Phi) is 7.99. The van der Waals surface area contributed by atoms with Gasteiger partial charge in [-0.15, -0.1) is 0 Å². The number of pyridine rings is 1. The van der Waals surface area contributed by atoms with Crippen LogP contribution < -0.4 is 19.8 Å². The van der Waals surface area contributed by atoms with Gasteiger partial charge in [0.05, 0.1) is 18.7 Å². The normalized spacial score (nSPS) is 11.1. The minimum atomic E-state index is -0.158. The number of hydrogen-bond acceptors (Lipinski definition) is 4. The fraction of sp³-hybridized carbons (Fsp3) is 0.423. The molecule has 0 saturated heterocycles. The van der Waals surface area contributed by atoms with Gasteiger partial charge in [-0.1, -0.05) is 56.5 Å². The highest BCUT2D eigenvalue weighted by atomic mass is 16.5. The van der Waals surface area contributed by atoms with Gasteiger partial charge >= 0.3 is 0 Å². The number of benzene rings is 2. The smallest absolute Gasteiger partial charge is 0.297 e. The Hall–Kier alpha value is -2.95. The van der Waals surface area contributed by atoms with Crippen LogP contribution in [0.15, 0.2) is 53.3 Å². The fourth-order valence-corrected chi connectivity index (χ4v) is 3.67. The van der Waals surface area contributed by atoms with Crippen LogP contribution in [-0.2, 0) is 13.2 Å². The molecule has 3 aromatic rings. The summed E-state index contributed by atoms with van der Waals surface area (Å²) in [7, 11) is 1.58.